The number of dihydropyridines is 1. The van der Waals surface area contributed by atoms with E-state index in [1.54, 1.807) is 19.9 Å². The minimum absolute atomic E-state index is 0.0934. The zero-order valence-corrected chi connectivity index (χ0v) is 17.3. The van der Waals surface area contributed by atoms with Crippen LogP contribution in [0.3, 0.4) is 0 Å². The van der Waals surface area contributed by atoms with Crippen LogP contribution in [0.5, 0.6) is 0 Å². The normalized spacial score (nSPS) is 16.6. The molecule has 0 radical (unpaired) electrons. The minimum atomic E-state index is -1.06. The van der Waals surface area contributed by atoms with Crippen molar-refractivity contribution in [3.63, 3.8) is 0 Å². The van der Waals surface area contributed by atoms with Gasteiger partial charge in [-0.05, 0) is 38.0 Å². The Labute approximate surface area is 176 Å². The summed E-state index contributed by atoms with van der Waals surface area (Å²) in [5, 5.41) is 12.9. The first-order valence-electron chi connectivity index (χ1n) is 9.75. The van der Waals surface area contributed by atoms with E-state index in [0.717, 1.165) is 16.7 Å². The van der Waals surface area contributed by atoms with Crippen molar-refractivity contribution >= 4 is 18.0 Å². The van der Waals surface area contributed by atoms with Crippen LogP contribution in [0, 0.1) is 6.92 Å². The Balaban J connectivity index is 1.88. The van der Waals surface area contributed by atoms with Crippen molar-refractivity contribution in [3.8, 4) is 0 Å². The molecule has 2 aromatic rings. The highest BCUT2D eigenvalue weighted by Gasteiger charge is 2.37. The van der Waals surface area contributed by atoms with Gasteiger partial charge < -0.3 is 15.2 Å². The largest absolute Gasteiger partial charge is 0.478 e. The van der Waals surface area contributed by atoms with Gasteiger partial charge in [-0.25, -0.2) is 9.59 Å². The highest BCUT2D eigenvalue weighted by atomic mass is 16.5. The first-order valence-corrected chi connectivity index (χ1v) is 9.75. The minimum Gasteiger partial charge on any atom is -0.478 e. The fourth-order valence-corrected chi connectivity index (χ4v) is 3.68. The molecule has 30 heavy (non-hydrogen) atoms. The van der Waals surface area contributed by atoms with E-state index in [9.17, 15) is 14.7 Å². The Morgan fingerprint density at radius 3 is 2.37 bits per heavy atom. The smallest absolute Gasteiger partial charge is 0.337 e. The molecule has 0 bridgehead atoms. The number of hydrogen-bond donors (Lipinski definition) is 2. The fraction of sp³-hybridized carbons (Fsp3) is 0.200. The number of aliphatic carboxylic acids is 1. The van der Waals surface area contributed by atoms with Crippen LogP contribution < -0.4 is 5.32 Å². The molecule has 0 aromatic heterocycles. The predicted octanol–water partition coefficient (Wildman–Crippen LogP) is 4.57. The third kappa shape index (κ3) is 4.69. The van der Waals surface area contributed by atoms with E-state index in [4.69, 9.17) is 4.74 Å². The molecule has 1 unspecified atom stereocenters. The molecule has 0 saturated carbocycles. The highest BCUT2D eigenvalue weighted by molar-refractivity contribution is 5.99. The second-order valence-electron chi connectivity index (χ2n) is 7.27. The van der Waals surface area contributed by atoms with Crippen LogP contribution >= 0.6 is 0 Å². The van der Waals surface area contributed by atoms with E-state index < -0.39 is 17.9 Å². The number of esters is 1. The molecule has 0 spiro atoms. The van der Waals surface area contributed by atoms with Crippen LogP contribution in [0.4, 0.5) is 0 Å². The number of nitrogens with one attached hydrogen (secondary N) is 1. The van der Waals surface area contributed by atoms with Crippen LogP contribution in [0.2, 0.25) is 0 Å². The van der Waals surface area contributed by atoms with E-state index in [2.05, 4.69) is 5.32 Å². The van der Waals surface area contributed by atoms with Gasteiger partial charge in [0, 0.05) is 11.4 Å². The number of aryl methyl sites for hydroxylation is 1. The molecule has 5 heteroatoms. The number of hydrogen-bond acceptors (Lipinski definition) is 4. The van der Waals surface area contributed by atoms with Crippen LogP contribution in [0.25, 0.3) is 6.08 Å². The lowest BCUT2D eigenvalue weighted by atomic mass is 9.80. The molecule has 1 atom stereocenters. The van der Waals surface area contributed by atoms with Crippen LogP contribution in [-0.2, 0) is 14.3 Å². The SMILES string of the molecule is CC1=C(C(=O)O)C(c2cccc(C)c2)C(C(=O)OC/C=C/c2ccccc2)=C(C)N1. The van der Waals surface area contributed by atoms with Gasteiger partial charge in [0.05, 0.1) is 17.1 Å². The number of ether oxygens (including phenoxy) is 1. The molecule has 1 aliphatic heterocycles. The number of carbonyl (C=O) groups excluding carboxylic acids is 1. The van der Waals surface area contributed by atoms with Crippen molar-refractivity contribution in [3.05, 3.63) is 99.9 Å². The molecular formula is C25H25NO4. The maximum absolute atomic E-state index is 13.0. The summed E-state index contributed by atoms with van der Waals surface area (Å²) in [6.07, 6.45) is 3.64. The summed E-state index contributed by atoms with van der Waals surface area (Å²) in [5.41, 5.74) is 4.33. The lowest BCUT2D eigenvalue weighted by molar-refractivity contribution is -0.138. The Morgan fingerprint density at radius 1 is 1.00 bits per heavy atom. The average Bonchev–Trinajstić information content (AvgIpc) is 2.71. The van der Waals surface area contributed by atoms with E-state index in [0.29, 0.717) is 17.0 Å². The molecule has 1 aliphatic rings. The average molecular weight is 403 g/mol. The number of carboxylic acid groups (broad SMARTS) is 1. The van der Waals surface area contributed by atoms with Gasteiger partial charge in [-0.15, -0.1) is 0 Å². The molecule has 0 amide bonds. The third-order valence-electron chi connectivity index (χ3n) is 5.01. The van der Waals surface area contributed by atoms with E-state index in [1.165, 1.54) is 0 Å². The van der Waals surface area contributed by atoms with Gasteiger partial charge in [0.1, 0.15) is 6.61 Å². The summed E-state index contributed by atoms with van der Waals surface area (Å²) in [7, 11) is 0. The lowest BCUT2D eigenvalue weighted by Gasteiger charge is -2.29. The molecule has 0 fully saturated rings. The second-order valence-corrected chi connectivity index (χ2v) is 7.27. The highest BCUT2D eigenvalue weighted by Crippen LogP contribution is 2.38. The van der Waals surface area contributed by atoms with Crippen molar-refractivity contribution in [2.45, 2.75) is 26.7 Å². The fourth-order valence-electron chi connectivity index (χ4n) is 3.68. The first kappa shape index (κ1) is 21.1. The monoisotopic (exact) mass is 403 g/mol. The van der Waals surface area contributed by atoms with Crippen molar-refractivity contribution < 1.29 is 19.4 Å². The summed E-state index contributed by atoms with van der Waals surface area (Å²) in [4.78, 5) is 25.0. The maximum Gasteiger partial charge on any atom is 0.337 e. The van der Waals surface area contributed by atoms with Gasteiger partial charge in [-0.3, -0.25) is 0 Å². The van der Waals surface area contributed by atoms with E-state index in [1.807, 2.05) is 67.6 Å². The molecule has 154 valence electrons. The van der Waals surface area contributed by atoms with Gasteiger partial charge in [0.2, 0.25) is 0 Å². The maximum atomic E-state index is 13.0. The number of carboxylic acids is 1. The summed E-state index contributed by atoms with van der Waals surface area (Å²) in [5.74, 6) is -2.29. The van der Waals surface area contributed by atoms with Gasteiger partial charge in [-0.1, -0.05) is 66.2 Å². The summed E-state index contributed by atoms with van der Waals surface area (Å²) >= 11 is 0. The Bertz CT molecular complexity index is 1050. The molecule has 5 nitrogen and oxygen atoms in total. The van der Waals surface area contributed by atoms with Crippen LogP contribution in [0.15, 0.2) is 83.2 Å². The van der Waals surface area contributed by atoms with Crippen molar-refractivity contribution in [1.29, 1.82) is 0 Å². The number of carbonyl (C=O) groups is 2. The topological polar surface area (TPSA) is 75.6 Å². The summed E-state index contributed by atoms with van der Waals surface area (Å²) in [6.45, 7) is 5.50. The van der Waals surface area contributed by atoms with Gasteiger partial charge >= 0.3 is 11.9 Å². The van der Waals surface area contributed by atoms with E-state index in [-0.39, 0.29) is 12.2 Å². The first-order chi connectivity index (χ1) is 14.4. The molecule has 0 saturated heterocycles. The molecule has 1 heterocycles. The standard InChI is InChI=1S/C25H25NO4/c1-16-9-7-13-20(15-16)23-21(24(27)28)17(2)26-18(3)22(23)25(29)30-14-8-12-19-10-5-4-6-11-19/h4-13,15,23,26H,14H2,1-3H3,(H,27,28)/b12-8+. The van der Waals surface area contributed by atoms with E-state index >= 15 is 0 Å². The Hall–Kier alpha value is -3.60. The Kier molecular flexibility index (Phi) is 6.52. The Morgan fingerprint density at radius 2 is 1.70 bits per heavy atom. The zero-order valence-electron chi connectivity index (χ0n) is 17.3. The lowest BCUT2D eigenvalue weighted by Crippen LogP contribution is -2.31. The summed E-state index contributed by atoms with van der Waals surface area (Å²) in [6, 6.07) is 17.3. The third-order valence-corrected chi connectivity index (χ3v) is 5.01. The van der Waals surface area contributed by atoms with Gasteiger partial charge in [-0.2, -0.15) is 0 Å². The molecule has 2 N–H and O–H groups in total. The van der Waals surface area contributed by atoms with Crippen molar-refractivity contribution in [1.82, 2.24) is 5.32 Å². The quantitative estimate of drug-likeness (QED) is 0.691. The summed E-state index contributed by atoms with van der Waals surface area (Å²) < 4.78 is 5.48. The van der Waals surface area contributed by atoms with Crippen molar-refractivity contribution in [2.24, 2.45) is 0 Å². The van der Waals surface area contributed by atoms with Gasteiger partial charge in [0.15, 0.2) is 0 Å². The number of rotatable bonds is 6. The molecule has 2 aromatic carbocycles. The van der Waals surface area contributed by atoms with Crippen LogP contribution in [-0.4, -0.2) is 23.7 Å². The van der Waals surface area contributed by atoms with Gasteiger partial charge in [0.25, 0.3) is 0 Å². The molecular weight excluding hydrogens is 378 g/mol. The number of allylic oxidation sites excluding steroid dienone is 2. The van der Waals surface area contributed by atoms with Crippen LogP contribution in [0.1, 0.15) is 36.5 Å². The zero-order chi connectivity index (χ0) is 21.7. The second kappa shape index (κ2) is 9.27. The number of benzene rings is 2. The molecule has 0 aliphatic carbocycles. The predicted molar refractivity (Wildman–Crippen MR) is 117 cm³/mol. The molecule has 3 rings (SSSR count). The van der Waals surface area contributed by atoms with Crippen molar-refractivity contribution in [2.75, 3.05) is 6.61 Å².